The van der Waals surface area contributed by atoms with Crippen molar-refractivity contribution in [1.82, 2.24) is 15.5 Å². The maximum Gasteiger partial charge on any atom is 0.338 e. The maximum atomic E-state index is 12.3. The normalized spacial score (nSPS) is 12.9. The van der Waals surface area contributed by atoms with Crippen LogP contribution in [0.25, 0.3) is 0 Å². The molecule has 0 aromatic heterocycles. The Bertz CT molecular complexity index is 1260. The highest BCUT2D eigenvalue weighted by molar-refractivity contribution is 6.04. The summed E-state index contributed by atoms with van der Waals surface area (Å²) in [6.07, 6.45) is 33.5. The van der Waals surface area contributed by atoms with Crippen LogP contribution < -0.4 is 15.7 Å². The van der Waals surface area contributed by atoms with Gasteiger partial charge in [-0.05, 0) is 95.8 Å². The first-order valence-corrected chi connectivity index (χ1v) is 26.3. The predicted molar refractivity (Wildman–Crippen MR) is 264 cm³/mol. The molecule has 0 bridgehead atoms. The van der Waals surface area contributed by atoms with Gasteiger partial charge in [-0.2, -0.15) is 0 Å². The van der Waals surface area contributed by atoms with Crippen molar-refractivity contribution in [2.75, 3.05) is 32.7 Å². The van der Waals surface area contributed by atoms with Gasteiger partial charge in [0.1, 0.15) is 6.10 Å². The summed E-state index contributed by atoms with van der Waals surface area (Å²) in [5.41, 5.74) is 0. The molecule has 2 atom stereocenters. The number of hydrogen-bond donors (Lipinski definition) is 3. The molecule has 0 spiro atoms. The van der Waals surface area contributed by atoms with Gasteiger partial charge < -0.3 is 40.0 Å². The summed E-state index contributed by atoms with van der Waals surface area (Å²) in [5, 5.41) is 26.5. The third kappa shape index (κ3) is 45.6. The fourth-order valence-corrected chi connectivity index (χ4v) is 7.44. The fraction of sp³-hybridized carbons (Fsp3) is 0.811. The van der Waals surface area contributed by atoms with E-state index in [-0.39, 0.29) is 24.0 Å². The molecule has 3 N–H and O–H groups in total. The summed E-state index contributed by atoms with van der Waals surface area (Å²) < 4.78 is 9.37. The van der Waals surface area contributed by atoms with Gasteiger partial charge in [-0.25, -0.2) is 14.4 Å². The molecule has 384 valence electrons. The van der Waals surface area contributed by atoms with Crippen LogP contribution in [0.2, 0.25) is 0 Å². The first-order chi connectivity index (χ1) is 31.8. The Hall–Kier alpha value is -3.58. The Balaban J connectivity index is 0. The quantitative estimate of drug-likeness (QED) is 0.0229. The van der Waals surface area contributed by atoms with Gasteiger partial charge in [-0.3, -0.25) is 9.59 Å². The highest BCUT2D eigenvalue weighted by atomic mass is 16.6. The zero-order valence-corrected chi connectivity index (χ0v) is 42.7. The Morgan fingerprint density at radius 1 is 0.576 bits per heavy atom. The van der Waals surface area contributed by atoms with E-state index in [0.717, 1.165) is 95.0 Å². The summed E-state index contributed by atoms with van der Waals surface area (Å²) in [6, 6.07) is 0. The lowest BCUT2D eigenvalue weighted by Crippen LogP contribution is -2.31. The Morgan fingerprint density at radius 2 is 1.03 bits per heavy atom. The minimum Gasteiger partial charge on any atom is -0.545 e. The summed E-state index contributed by atoms with van der Waals surface area (Å²) >= 11 is 0. The van der Waals surface area contributed by atoms with Crippen molar-refractivity contribution in [1.29, 1.82) is 0 Å². The van der Waals surface area contributed by atoms with Crippen LogP contribution in [0.1, 0.15) is 228 Å². The average Bonchev–Trinajstić information content (AvgIpc) is 3.69. The molecule has 1 aliphatic rings. The van der Waals surface area contributed by atoms with Crippen LogP contribution in [-0.4, -0.2) is 90.6 Å². The summed E-state index contributed by atoms with van der Waals surface area (Å²) in [6.45, 7) is 18.1. The van der Waals surface area contributed by atoms with E-state index in [1.54, 1.807) is 0 Å². The standard InChI is InChI=1S/C27H49NO5.C22H46N2O2.C4H2O3/c1-4-7-10-11-12-17-24(33-27(32)21-20-26(30)31)18-19-25(29)28-22-13-16-23(14-8-5-2)15-9-6-3;1-4-7-10-11-12-14-21(25)15-16-22(26)23-17-13-20-24(18-8-5-2)19-9-6-3;5-3-1-2-4(6)7-3/h20-21,23-24H,4-19,22H2,1-3H3,(H,28,29)(H,30,31);21,25H,4-20H2,1-3H3,(H,23,26);1-2H/p-1/b21-20-;;. The van der Waals surface area contributed by atoms with Crippen molar-refractivity contribution in [3.8, 4) is 0 Å². The molecular weight excluding hydrogens is 839 g/mol. The SMILES string of the molecule is CCCCCCCC(CCC(=O)NCCCC(CCCC)CCCC)OC(=O)/C=C\C(=O)[O-].CCCCCCCC(O)CCC(=O)NCCCN(CCCC)CCCC.O=C1C=CC(=O)O1. The molecule has 0 fully saturated rings. The third-order valence-electron chi connectivity index (χ3n) is 11.5. The minimum absolute atomic E-state index is 0.0222. The van der Waals surface area contributed by atoms with E-state index < -0.39 is 23.9 Å². The molecular formula is C53H96N3O10-. The molecule has 13 heteroatoms. The van der Waals surface area contributed by atoms with Crippen molar-refractivity contribution in [3.05, 3.63) is 24.3 Å². The highest BCUT2D eigenvalue weighted by Gasteiger charge is 2.16. The molecule has 0 aromatic carbocycles. The van der Waals surface area contributed by atoms with Crippen LogP contribution >= 0.6 is 0 Å². The van der Waals surface area contributed by atoms with Gasteiger partial charge in [0, 0.05) is 44.2 Å². The highest BCUT2D eigenvalue weighted by Crippen LogP contribution is 2.21. The van der Waals surface area contributed by atoms with Crippen LogP contribution in [0.15, 0.2) is 24.3 Å². The van der Waals surface area contributed by atoms with E-state index in [0.29, 0.717) is 44.7 Å². The van der Waals surface area contributed by atoms with E-state index in [1.165, 1.54) is 109 Å². The number of nitrogens with one attached hydrogen (secondary N) is 2. The number of hydrogen-bond acceptors (Lipinski definition) is 11. The first kappa shape index (κ1) is 64.5. The van der Waals surface area contributed by atoms with Gasteiger partial charge >= 0.3 is 17.9 Å². The molecule has 0 aromatic rings. The average molecular weight is 935 g/mol. The van der Waals surface area contributed by atoms with Crippen LogP contribution in [0.4, 0.5) is 0 Å². The molecule has 1 aliphatic heterocycles. The monoisotopic (exact) mass is 935 g/mol. The van der Waals surface area contributed by atoms with E-state index in [2.05, 4.69) is 61.8 Å². The predicted octanol–water partition coefficient (Wildman–Crippen LogP) is 9.76. The lowest BCUT2D eigenvalue weighted by molar-refractivity contribution is -0.297. The molecule has 0 aliphatic carbocycles. The number of aliphatic carboxylic acids is 1. The molecule has 0 radical (unpaired) electrons. The molecule has 13 nitrogen and oxygen atoms in total. The fourth-order valence-electron chi connectivity index (χ4n) is 7.44. The second-order valence-electron chi connectivity index (χ2n) is 17.8. The smallest absolute Gasteiger partial charge is 0.338 e. The van der Waals surface area contributed by atoms with Crippen molar-refractivity contribution in [3.63, 3.8) is 0 Å². The molecule has 2 unspecified atom stereocenters. The number of amides is 2. The van der Waals surface area contributed by atoms with Gasteiger partial charge in [-0.15, -0.1) is 0 Å². The number of aliphatic hydroxyl groups excluding tert-OH is 1. The molecule has 0 saturated carbocycles. The molecule has 1 rings (SSSR count). The topological polar surface area (TPSA) is 191 Å². The van der Waals surface area contributed by atoms with E-state index in [4.69, 9.17) is 4.74 Å². The number of carbonyl (C=O) groups is 6. The van der Waals surface area contributed by atoms with Gasteiger partial charge in [0.2, 0.25) is 11.8 Å². The van der Waals surface area contributed by atoms with Crippen molar-refractivity contribution in [2.24, 2.45) is 5.92 Å². The van der Waals surface area contributed by atoms with Crippen molar-refractivity contribution in [2.45, 2.75) is 240 Å². The number of cyclic esters (lactones) is 2. The summed E-state index contributed by atoms with van der Waals surface area (Å²) in [4.78, 5) is 68.9. The van der Waals surface area contributed by atoms with E-state index in [1.807, 2.05) is 0 Å². The van der Waals surface area contributed by atoms with Crippen LogP contribution in [0.5, 0.6) is 0 Å². The van der Waals surface area contributed by atoms with E-state index >= 15 is 0 Å². The third-order valence-corrected chi connectivity index (χ3v) is 11.5. The molecule has 0 saturated heterocycles. The summed E-state index contributed by atoms with van der Waals surface area (Å²) in [5.74, 6) is -2.48. The number of ether oxygens (including phenoxy) is 2. The Kier molecular flexibility index (Phi) is 46.8. The largest absolute Gasteiger partial charge is 0.545 e. The van der Waals surface area contributed by atoms with Crippen molar-refractivity contribution < 1.29 is 48.5 Å². The lowest BCUT2D eigenvalue weighted by Gasteiger charge is -2.22. The maximum absolute atomic E-state index is 12.3. The minimum atomic E-state index is -1.44. The van der Waals surface area contributed by atoms with Gasteiger partial charge in [0.15, 0.2) is 0 Å². The van der Waals surface area contributed by atoms with Crippen molar-refractivity contribution >= 4 is 35.7 Å². The van der Waals surface area contributed by atoms with E-state index in [9.17, 15) is 39.0 Å². The Labute approximate surface area is 401 Å². The second kappa shape index (κ2) is 47.9. The zero-order valence-electron chi connectivity index (χ0n) is 42.7. The van der Waals surface area contributed by atoms with Gasteiger partial charge in [0.25, 0.3) is 0 Å². The lowest BCUT2D eigenvalue weighted by atomic mass is 9.91. The molecule has 2 amide bonds. The van der Waals surface area contributed by atoms with Gasteiger partial charge in [-0.1, -0.05) is 151 Å². The van der Waals surface area contributed by atoms with Crippen LogP contribution in [0, 0.1) is 5.92 Å². The van der Waals surface area contributed by atoms with Gasteiger partial charge in [0.05, 0.1) is 12.1 Å². The number of rotatable bonds is 41. The number of carboxylic acid groups (broad SMARTS) is 1. The Morgan fingerprint density at radius 3 is 1.52 bits per heavy atom. The first-order valence-electron chi connectivity index (χ1n) is 26.3. The molecule has 66 heavy (non-hydrogen) atoms. The number of carboxylic acids is 1. The number of aliphatic hydroxyl groups is 1. The zero-order chi connectivity index (χ0) is 49.5. The molecule has 1 heterocycles. The van der Waals surface area contributed by atoms with Crippen LogP contribution in [-0.2, 0) is 38.2 Å². The summed E-state index contributed by atoms with van der Waals surface area (Å²) in [7, 11) is 0. The number of unbranched alkanes of at least 4 members (excludes halogenated alkanes) is 12. The number of nitrogens with zero attached hydrogens (tertiary/aromatic N) is 1. The second-order valence-corrected chi connectivity index (χ2v) is 17.8. The number of carbonyl (C=O) groups excluding carboxylic acids is 6. The number of esters is 3. The van der Waals surface area contributed by atoms with Crippen LogP contribution in [0.3, 0.4) is 0 Å².